The van der Waals surface area contributed by atoms with Crippen molar-refractivity contribution in [3.8, 4) is 33.4 Å². The molecule has 1 aliphatic heterocycles. The van der Waals surface area contributed by atoms with E-state index in [1.807, 2.05) is 0 Å². The highest BCUT2D eigenvalue weighted by atomic mass is 15.3. The van der Waals surface area contributed by atoms with Crippen molar-refractivity contribution in [2.24, 2.45) is 0 Å². The minimum Gasteiger partial charge on any atom is -0.334 e. The van der Waals surface area contributed by atoms with Crippen LogP contribution in [0.2, 0.25) is 0 Å². The third kappa shape index (κ3) is 3.97. The number of benzene rings is 9. The molecule has 11 aromatic rings. The number of anilines is 2. The van der Waals surface area contributed by atoms with Crippen LogP contribution in [0, 0.1) is 0 Å². The standard InChI is InChI=1S/C57H41N/c1-56-32-15-33-57(56,2)58(39-22-10-5-11-23-39)47-31-28-38(34-46(47)56)40-29-30-45-51-41(40)24-14-27-44(51)54-49(36-16-6-3-7-17-36)52-42-25-12-20-35-21-13-26-43(48(35)42)53(52)50(55(45)54)37-18-8-4-9-19-37/h3-14,16-31,34H,15,32-33H2,1-2H3. The molecule has 13 rings (SSSR count). The number of fused-ring (bicyclic) bond motifs is 9. The molecule has 11 aromatic carbocycles. The van der Waals surface area contributed by atoms with E-state index in [0.29, 0.717) is 0 Å². The highest BCUT2D eigenvalue weighted by Crippen LogP contribution is 2.63. The van der Waals surface area contributed by atoms with Gasteiger partial charge in [0.25, 0.3) is 0 Å². The quantitative estimate of drug-likeness (QED) is 0.174. The molecule has 1 heteroatoms. The first-order valence-electron chi connectivity index (χ1n) is 21.0. The SMILES string of the molecule is CC12CCCC1(C)N(c1ccccc1)c1ccc(-c3ccc4c5c(-c6ccccc6)c6c7cccc8cccc(c6c(-c6ccccc6)c5c5cccc3c54)c87)cc12. The van der Waals surface area contributed by atoms with E-state index >= 15 is 0 Å². The minimum atomic E-state index is 0.0317. The predicted molar refractivity (Wildman–Crippen MR) is 248 cm³/mol. The Morgan fingerprint density at radius 1 is 0.414 bits per heavy atom. The van der Waals surface area contributed by atoms with E-state index in [1.54, 1.807) is 0 Å². The Morgan fingerprint density at radius 3 is 1.57 bits per heavy atom. The van der Waals surface area contributed by atoms with Gasteiger partial charge in [0.2, 0.25) is 0 Å². The maximum Gasteiger partial charge on any atom is 0.0517 e. The smallest absolute Gasteiger partial charge is 0.0517 e. The van der Waals surface area contributed by atoms with E-state index in [2.05, 4.69) is 195 Å². The summed E-state index contributed by atoms with van der Waals surface area (Å²) in [5, 5.41) is 16.1. The van der Waals surface area contributed by atoms with Crippen molar-refractivity contribution in [3.05, 3.63) is 181 Å². The van der Waals surface area contributed by atoms with Gasteiger partial charge in [-0.25, -0.2) is 0 Å². The Balaban J connectivity index is 1.16. The Bertz CT molecular complexity index is 3310. The van der Waals surface area contributed by atoms with Crippen molar-refractivity contribution in [1.29, 1.82) is 0 Å². The van der Waals surface area contributed by atoms with Gasteiger partial charge in [0.1, 0.15) is 0 Å². The molecule has 0 N–H and O–H groups in total. The minimum absolute atomic E-state index is 0.0317. The molecular weight excluding hydrogens is 699 g/mol. The van der Waals surface area contributed by atoms with Crippen molar-refractivity contribution >= 4 is 76.0 Å². The summed E-state index contributed by atoms with van der Waals surface area (Å²) in [6, 6.07) is 66.5. The zero-order valence-electron chi connectivity index (χ0n) is 32.8. The molecule has 1 heterocycles. The van der Waals surface area contributed by atoms with Crippen molar-refractivity contribution in [1.82, 2.24) is 0 Å². The zero-order chi connectivity index (χ0) is 38.3. The van der Waals surface area contributed by atoms with E-state index in [1.165, 1.54) is 134 Å². The molecule has 1 aliphatic carbocycles. The van der Waals surface area contributed by atoms with Crippen LogP contribution in [0.25, 0.3) is 98.0 Å². The van der Waals surface area contributed by atoms with E-state index in [9.17, 15) is 0 Å². The third-order valence-corrected chi connectivity index (χ3v) is 14.8. The Morgan fingerprint density at radius 2 is 0.948 bits per heavy atom. The van der Waals surface area contributed by atoms with Gasteiger partial charge in [0, 0.05) is 16.8 Å². The summed E-state index contributed by atoms with van der Waals surface area (Å²) in [6.07, 6.45) is 3.64. The van der Waals surface area contributed by atoms with Crippen LogP contribution in [0.5, 0.6) is 0 Å². The van der Waals surface area contributed by atoms with Crippen molar-refractivity contribution in [2.45, 2.75) is 44.1 Å². The fourth-order valence-electron chi connectivity index (χ4n) is 12.2. The molecule has 0 amide bonds. The lowest BCUT2D eigenvalue weighted by molar-refractivity contribution is 0.330. The van der Waals surface area contributed by atoms with Crippen LogP contribution >= 0.6 is 0 Å². The fourth-order valence-corrected chi connectivity index (χ4v) is 12.2. The van der Waals surface area contributed by atoms with Crippen molar-refractivity contribution in [3.63, 3.8) is 0 Å². The molecule has 0 radical (unpaired) electrons. The lowest BCUT2D eigenvalue weighted by atomic mass is 9.72. The molecule has 0 aromatic heterocycles. The summed E-state index contributed by atoms with van der Waals surface area (Å²) in [6.45, 7) is 5.04. The molecule has 2 unspecified atom stereocenters. The average molecular weight is 740 g/mol. The van der Waals surface area contributed by atoms with Gasteiger partial charge in [-0.15, -0.1) is 0 Å². The fraction of sp³-hybridized carbons (Fsp3) is 0.123. The van der Waals surface area contributed by atoms with Gasteiger partial charge in [-0.2, -0.15) is 0 Å². The van der Waals surface area contributed by atoms with Gasteiger partial charge in [-0.3, -0.25) is 0 Å². The molecule has 0 spiro atoms. The molecule has 2 aliphatic rings. The average Bonchev–Trinajstić information content (AvgIpc) is 3.95. The number of rotatable bonds is 4. The second-order valence-corrected chi connectivity index (χ2v) is 17.4. The lowest BCUT2D eigenvalue weighted by Gasteiger charge is -2.42. The topological polar surface area (TPSA) is 3.24 Å². The Labute approximate surface area is 338 Å². The first-order valence-corrected chi connectivity index (χ1v) is 21.0. The number of hydrogen-bond acceptors (Lipinski definition) is 1. The van der Waals surface area contributed by atoms with Gasteiger partial charge in [0.15, 0.2) is 0 Å². The lowest BCUT2D eigenvalue weighted by Crippen LogP contribution is -2.48. The largest absolute Gasteiger partial charge is 0.334 e. The van der Waals surface area contributed by atoms with Gasteiger partial charge in [-0.1, -0.05) is 165 Å². The van der Waals surface area contributed by atoms with Crippen LogP contribution < -0.4 is 4.90 Å². The summed E-state index contributed by atoms with van der Waals surface area (Å²) >= 11 is 0. The second-order valence-electron chi connectivity index (χ2n) is 17.4. The molecule has 0 saturated heterocycles. The first kappa shape index (κ1) is 32.4. The van der Waals surface area contributed by atoms with E-state index in [-0.39, 0.29) is 11.0 Å². The van der Waals surface area contributed by atoms with Crippen LogP contribution in [-0.4, -0.2) is 5.54 Å². The molecule has 0 bridgehead atoms. The van der Waals surface area contributed by atoms with Gasteiger partial charge in [-0.05, 0) is 148 Å². The van der Waals surface area contributed by atoms with Gasteiger partial charge < -0.3 is 4.90 Å². The van der Waals surface area contributed by atoms with E-state index < -0.39 is 0 Å². The highest BCUT2D eigenvalue weighted by Gasteiger charge is 2.59. The molecule has 58 heavy (non-hydrogen) atoms. The molecule has 274 valence electrons. The van der Waals surface area contributed by atoms with Gasteiger partial charge in [0.05, 0.1) is 5.54 Å². The molecule has 1 fully saturated rings. The van der Waals surface area contributed by atoms with Crippen molar-refractivity contribution < 1.29 is 0 Å². The summed E-state index contributed by atoms with van der Waals surface area (Å²) in [7, 11) is 0. The Kier molecular flexibility index (Phi) is 6.40. The predicted octanol–water partition coefficient (Wildman–Crippen LogP) is 15.8. The van der Waals surface area contributed by atoms with Crippen LogP contribution in [0.15, 0.2) is 176 Å². The Hall–Kier alpha value is -6.70. The summed E-state index contributed by atoms with van der Waals surface area (Å²) in [4.78, 5) is 2.66. The number of para-hydroxylation sites is 1. The molecule has 1 saturated carbocycles. The maximum atomic E-state index is 2.66. The van der Waals surface area contributed by atoms with Gasteiger partial charge >= 0.3 is 0 Å². The van der Waals surface area contributed by atoms with Crippen LogP contribution in [0.1, 0.15) is 38.7 Å². The molecular formula is C57H41N. The maximum absolute atomic E-state index is 2.66. The molecule has 2 atom stereocenters. The summed E-state index contributed by atoms with van der Waals surface area (Å²) < 4.78 is 0. The first-order chi connectivity index (χ1) is 28.5. The number of hydrogen-bond donors (Lipinski definition) is 0. The van der Waals surface area contributed by atoms with Crippen LogP contribution in [0.3, 0.4) is 0 Å². The van der Waals surface area contributed by atoms with Crippen LogP contribution in [-0.2, 0) is 5.41 Å². The monoisotopic (exact) mass is 739 g/mol. The zero-order valence-corrected chi connectivity index (χ0v) is 32.8. The second kappa shape index (κ2) is 11.5. The van der Waals surface area contributed by atoms with Crippen LogP contribution in [0.4, 0.5) is 11.4 Å². The number of nitrogens with zero attached hydrogens (tertiary/aromatic N) is 1. The normalized spacial score (nSPS) is 19.1. The summed E-state index contributed by atoms with van der Waals surface area (Å²) in [5.41, 5.74) is 12.1. The van der Waals surface area contributed by atoms with E-state index in [0.717, 1.165) is 0 Å². The van der Waals surface area contributed by atoms with E-state index in [4.69, 9.17) is 0 Å². The third-order valence-electron chi connectivity index (χ3n) is 14.8. The van der Waals surface area contributed by atoms with Crippen molar-refractivity contribution in [2.75, 3.05) is 4.90 Å². The summed E-state index contributed by atoms with van der Waals surface area (Å²) in [5.74, 6) is 0. The molecule has 1 nitrogen and oxygen atoms in total. The highest BCUT2D eigenvalue weighted by molar-refractivity contribution is 6.46.